The monoisotopic (exact) mass is 368 g/mol. The van der Waals surface area contributed by atoms with Crippen LogP contribution in [0, 0.1) is 5.92 Å². The number of carbonyl (C=O) groups excluding carboxylic acids is 1. The Kier molecular flexibility index (Phi) is 20.4. The van der Waals surface area contributed by atoms with Crippen molar-refractivity contribution in [3.05, 3.63) is 0 Å². The first-order chi connectivity index (χ1) is 12.7. The highest BCUT2D eigenvalue weighted by atomic mass is 16.5. The maximum absolute atomic E-state index is 12.0. The summed E-state index contributed by atoms with van der Waals surface area (Å²) >= 11 is 0. The summed E-state index contributed by atoms with van der Waals surface area (Å²) in [7, 11) is 0. The number of hydrogen-bond acceptors (Lipinski definition) is 2. The summed E-state index contributed by atoms with van der Waals surface area (Å²) in [6.07, 6.45) is 22.4. The third-order valence-electron chi connectivity index (χ3n) is 5.40. The smallest absolute Gasteiger partial charge is 0.305 e. The van der Waals surface area contributed by atoms with Gasteiger partial charge >= 0.3 is 5.97 Å². The van der Waals surface area contributed by atoms with Crippen molar-refractivity contribution in [2.75, 3.05) is 6.61 Å². The summed E-state index contributed by atoms with van der Waals surface area (Å²) in [6.45, 7) is 7.41. The zero-order valence-corrected chi connectivity index (χ0v) is 18.3. The van der Waals surface area contributed by atoms with Crippen LogP contribution >= 0.6 is 0 Å². The van der Waals surface area contributed by atoms with Crippen molar-refractivity contribution < 1.29 is 9.53 Å². The summed E-state index contributed by atoms with van der Waals surface area (Å²) in [5.41, 5.74) is 0. The molecule has 0 rings (SSSR count). The van der Waals surface area contributed by atoms with Crippen LogP contribution in [-0.4, -0.2) is 12.6 Å². The Morgan fingerprint density at radius 1 is 0.615 bits per heavy atom. The molecule has 0 saturated carbocycles. The van der Waals surface area contributed by atoms with Crippen molar-refractivity contribution >= 4 is 5.97 Å². The molecule has 0 aromatic rings. The molecule has 0 N–H and O–H groups in total. The van der Waals surface area contributed by atoms with Crippen LogP contribution in [0.15, 0.2) is 0 Å². The Morgan fingerprint density at radius 2 is 1.04 bits per heavy atom. The van der Waals surface area contributed by atoms with Crippen molar-refractivity contribution in [2.45, 2.75) is 136 Å². The average Bonchev–Trinajstić information content (AvgIpc) is 2.65. The predicted octanol–water partition coefficient (Wildman–Crippen LogP) is 8.23. The second-order valence-corrected chi connectivity index (χ2v) is 8.12. The van der Waals surface area contributed by atoms with Gasteiger partial charge in [-0.15, -0.1) is 0 Å². The summed E-state index contributed by atoms with van der Waals surface area (Å²) in [5, 5.41) is 0. The molecule has 2 nitrogen and oxygen atoms in total. The van der Waals surface area contributed by atoms with Crippen molar-refractivity contribution in [3.63, 3.8) is 0 Å². The third kappa shape index (κ3) is 18.3. The van der Waals surface area contributed by atoms with Crippen LogP contribution in [0.1, 0.15) is 136 Å². The normalized spacial score (nSPS) is 12.3. The fraction of sp³-hybridized carbons (Fsp3) is 0.958. The van der Waals surface area contributed by atoms with Crippen molar-refractivity contribution in [2.24, 2.45) is 5.92 Å². The molecule has 156 valence electrons. The lowest BCUT2D eigenvalue weighted by molar-refractivity contribution is -0.145. The lowest BCUT2D eigenvalue weighted by Crippen LogP contribution is -2.14. The molecule has 26 heavy (non-hydrogen) atoms. The summed E-state index contributed by atoms with van der Waals surface area (Å²) in [6, 6.07) is 0. The Hall–Kier alpha value is -0.530. The fourth-order valence-electron chi connectivity index (χ4n) is 3.54. The number of unbranched alkanes of at least 4 members (excludes halogenated alkanes) is 12. The molecule has 2 heteroatoms. The minimum atomic E-state index is 0.0306. The molecule has 0 saturated heterocycles. The first-order valence-electron chi connectivity index (χ1n) is 11.9. The number of rotatable bonds is 20. The minimum absolute atomic E-state index is 0.0306. The highest BCUT2D eigenvalue weighted by molar-refractivity contribution is 5.69. The van der Waals surface area contributed by atoms with E-state index in [4.69, 9.17) is 4.74 Å². The number of esters is 1. The number of ether oxygens (including phenoxy) is 1. The van der Waals surface area contributed by atoms with Gasteiger partial charge < -0.3 is 4.74 Å². The van der Waals surface area contributed by atoms with Crippen LogP contribution in [0.5, 0.6) is 0 Å². The van der Waals surface area contributed by atoms with Crippen molar-refractivity contribution in [1.29, 1.82) is 0 Å². The van der Waals surface area contributed by atoms with E-state index in [0.29, 0.717) is 18.9 Å². The first-order valence-corrected chi connectivity index (χ1v) is 11.9. The van der Waals surface area contributed by atoms with Gasteiger partial charge in [0.15, 0.2) is 0 Å². The van der Waals surface area contributed by atoms with Gasteiger partial charge in [0.1, 0.15) is 0 Å². The van der Waals surface area contributed by atoms with E-state index in [0.717, 1.165) is 6.42 Å². The molecule has 0 spiro atoms. The molecule has 0 aliphatic carbocycles. The van der Waals surface area contributed by atoms with Gasteiger partial charge in [0, 0.05) is 6.42 Å². The molecule has 1 unspecified atom stereocenters. The minimum Gasteiger partial charge on any atom is -0.465 e. The maximum Gasteiger partial charge on any atom is 0.305 e. The van der Waals surface area contributed by atoms with Crippen LogP contribution in [0.25, 0.3) is 0 Å². The van der Waals surface area contributed by atoms with Gasteiger partial charge in [0.05, 0.1) is 6.61 Å². The lowest BCUT2D eigenvalue weighted by atomic mass is 9.95. The van der Waals surface area contributed by atoms with Gasteiger partial charge in [-0.3, -0.25) is 4.79 Å². The molecular weight excluding hydrogens is 320 g/mol. The van der Waals surface area contributed by atoms with E-state index in [1.165, 1.54) is 103 Å². The predicted molar refractivity (Wildman–Crippen MR) is 115 cm³/mol. The van der Waals surface area contributed by atoms with E-state index in [1.54, 1.807) is 0 Å². The first kappa shape index (κ1) is 25.5. The second kappa shape index (κ2) is 20.8. The average molecular weight is 369 g/mol. The van der Waals surface area contributed by atoms with Crippen LogP contribution in [0.3, 0.4) is 0 Å². The summed E-state index contributed by atoms with van der Waals surface area (Å²) in [4.78, 5) is 12.0. The van der Waals surface area contributed by atoms with Gasteiger partial charge in [-0.05, 0) is 25.2 Å². The largest absolute Gasteiger partial charge is 0.465 e. The molecule has 0 aromatic carbocycles. The van der Waals surface area contributed by atoms with Crippen LogP contribution < -0.4 is 0 Å². The fourth-order valence-corrected chi connectivity index (χ4v) is 3.54. The molecule has 0 aliphatic rings. The summed E-state index contributed by atoms with van der Waals surface area (Å²) < 4.78 is 5.62. The zero-order valence-electron chi connectivity index (χ0n) is 18.3. The molecule has 0 amide bonds. The lowest BCUT2D eigenvalue weighted by Gasteiger charge is -2.17. The Bertz CT molecular complexity index is 288. The zero-order chi connectivity index (χ0) is 19.3. The highest BCUT2D eigenvalue weighted by Crippen LogP contribution is 2.20. The Labute approximate surface area is 164 Å². The standard InChI is InChI=1S/C24H48O2/c1-4-7-10-13-15-17-20-23(19-16-12-9-6-3)22-26-24(25)21-18-14-11-8-5-2/h23H,4-22H2,1-3H3. The molecule has 0 aromatic heterocycles. The molecule has 0 heterocycles. The Balaban J connectivity index is 3.91. The SMILES string of the molecule is CCCCCCCCC(CCCCCC)COC(=O)CCCCCCC. The maximum atomic E-state index is 12.0. The second-order valence-electron chi connectivity index (χ2n) is 8.12. The molecule has 0 fully saturated rings. The molecule has 0 radical (unpaired) electrons. The van der Waals surface area contributed by atoms with Gasteiger partial charge in [-0.1, -0.05) is 111 Å². The van der Waals surface area contributed by atoms with Gasteiger partial charge in [0.25, 0.3) is 0 Å². The van der Waals surface area contributed by atoms with Crippen LogP contribution in [0.4, 0.5) is 0 Å². The van der Waals surface area contributed by atoms with E-state index in [-0.39, 0.29) is 5.97 Å². The molecule has 0 bridgehead atoms. The van der Waals surface area contributed by atoms with Gasteiger partial charge in [0.2, 0.25) is 0 Å². The highest BCUT2D eigenvalue weighted by Gasteiger charge is 2.12. The van der Waals surface area contributed by atoms with Crippen LogP contribution in [0.2, 0.25) is 0 Å². The van der Waals surface area contributed by atoms with Gasteiger partial charge in [-0.25, -0.2) is 0 Å². The van der Waals surface area contributed by atoms with E-state index >= 15 is 0 Å². The van der Waals surface area contributed by atoms with Crippen molar-refractivity contribution in [1.82, 2.24) is 0 Å². The third-order valence-corrected chi connectivity index (χ3v) is 5.40. The molecule has 1 atom stereocenters. The van der Waals surface area contributed by atoms with Crippen molar-refractivity contribution in [3.8, 4) is 0 Å². The quantitative estimate of drug-likeness (QED) is 0.160. The van der Waals surface area contributed by atoms with Gasteiger partial charge in [-0.2, -0.15) is 0 Å². The molecular formula is C24H48O2. The van der Waals surface area contributed by atoms with E-state index in [1.807, 2.05) is 0 Å². The number of hydrogen-bond donors (Lipinski definition) is 0. The van der Waals surface area contributed by atoms with E-state index in [2.05, 4.69) is 20.8 Å². The van der Waals surface area contributed by atoms with E-state index < -0.39 is 0 Å². The number of carbonyl (C=O) groups is 1. The topological polar surface area (TPSA) is 26.3 Å². The molecule has 0 aliphatic heterocycles. The van der Waals surface area contributed by atoms with E-state index in [9.17, 15) is 4.79 Å². The Morgan fingerprint density at radius 3 is 1.58 bits per heavy atom. The van der Waals surface area contributed by atoms with Crippen LogP contribution in [-0.2, 0) is 9.53 Å². The summed E-state index contributed by atoms with van der Waals surface area (Å²) in [5.74, 6) is 0.616.